The molecule has 0 aliphatic rings. The third-order valence-electron chi connectivity index (χ3n) is 3.66. The van der Waals surface area contributed by atoms with Crippen molar-refractivity contribution in [1.82, 2.24) is 0 Å². The predicted octanol–water partition coefficient (Wildman–Crippen LogP) is 2.60. The molecule has 27 heavy (non-hydrogen) atoms. The minimum absolute atomic E-state index is 0.207. The minimum Gasteiger partial charge on any atom is -0.482 e. The maximum absolute atomic E-state index is 11.9. The van der Waals surface area contributed by atoms with Crippen LogP contribution in [-0.4, -0.2) is 38.2 Å². The quantitative estimate of drug-likeness (QED) is 0.717. The summed E-state index contributed by atoms with van der Waals surface area (Å²) in [5.74, 6) is -1.29. The Balaban J connectivity index is 1.79. The first-order valence-corrected chi connectivity index (χ1v) is 8.38. The van der Waals surface area contributed by atoms with Gasteiger partial charge in [0.2, 0.25) is 0 Å². The number of benzene rings is 2. The van der Waals surface area contributed by atoms with Crippen LogP contribution >= 0.6 is 0 Å². The van der Waals surface area contributed by atoms with Gasteiger partial charge in [0.05, 0.1) is 18.4 Å². The fraction of sp³-hybridized carbons (Fsp3) is 0.250. The number of nitrogens with one attached hydrogen (secondary N) is 1. The summed E-state index contributed by atoms with van der Waals surface area (Å²) in [4.78, 5) is 35.3. The van der Waals surface area contributed by atoms with Crippen LogP contribution in [-0.2, 0) is 25.5 Å². The molecule has 1 amide bonds. The van der Waals surface area contributed by atoms with E-state index < -0.39 is 24.5 Å². The summed E-state index contributed by atoms with van der Waals surface area (Å²) in [5.41, 5.74) is 1.64. The van der Waals surface area contributed by atoms with Gasteiger partial charge >= 0.3 is 11.9 Å². The van der Waals surface area contributed by atoms with E-state index in [1.165, 1.54) is 13.2 Å². The maximum atomic E-state index is 11.9. The second-order valence-electron chi connectivity index (χ2n) is 5.53. The first kappa shape index (κ1) is 20.0. The van der Waals surface area contributed by atoms with E-state index in [0.29, 0.717) is 5.75 Å². The van der Waals surface area contributed by atoms with Crippen LogP contribution in [0.15, 0.2) is 48.5 Å². The van der Waals surface area contributed by atoms with Gasteiger partial charge in [0.1, 0.15) is 5.75 Å². The first-order valence-electron chi connectivity index (χ1n) is 8.38. The Bertz CT molecular complexity index is 800. The van der Waals surface area contributed by atoms with Crippen LogP contribution in [0.5, 0.6) is 5.75 Å². The molecule has 0 aliphatic heterocycles. The second kappa shape index (κ2) is 9.96. The standard InChI is InChI=1S/C20H21NO6/c1-3-14-8-10-15(11-9-14)26-13-19(23)27-12-18(22)21-17-7-5-4-6-16(17)20(24)25-2/h4-11H,3,12-13H2,1-2H3,(H,21,22). The summed E-state index contributed by atoms with van der Waals surface area (Å²) in [6, 6.07) is 13.7. The van der Waals surface area contributed by atoms with Crippen LogP contribution in [0.3, 0.4) is 0 Å². The molecule has 0 saturated heterocycles. The largest absolute Gasteiger partial charge is 0.482 e. The maximum Gasteiger partial charge on any atom is 0.344 e. The van der Waals surface area contributed by atoms with Crippen molar-refractivity contribution >= 4 is 23.5 Å². The highest BCUT2D eigenvalue weighted by atomic mass is 16.6. The molecule has 0 saturated carbocycles. The Hall–Kier alpha value is -3.35. The number of carbonyl (C=O) groups is 3. The Labute approximate surface area is 157 Å². The van der Waals surface area contributed by atoms with E-state index in [2.05, 4.69) is 10.1 Å². The number of hydrogen-bond donors (Lipinski definition) is 1. The van der Waals surface area contributed by atoms with Gasteiger partial charge in [0.25, 0.3) is 5.91 Å². The molecule has 142 valence electrons. The van der Waals surface area contributed by atoms with Gasteiger partial charge in [-0.15, -0.1) is 0 Å². The number of anilines is 1. The molecule has 0 fully saturated rings. The monoisotopic (exact) mass is 371 g/mol. The number of methoxy groups -OCH3 is 1. The van der Waals surface area contributed by atoms with Gasteiger partial charge in [-0.2, -0.15) is 0 Å². The average Bonchev–Trinajstić information content (AvgIpc) is 2.71. The number of amides is 1. The number of ether oxygens (including phenoxy) is 3. The van der Waals surface area contributed by atoms with E-state index in [0.717, 1.165) is 12.0 Å². The third kappa shape index (κ3) is 6.14. The van der Waals surface area contributed by atoms with Crippen LogP contribution in [0.2, 0.25) is 0 Å². The number of rotatable bonds is 8. The van der Waals surface area contributed by atoms with Crippen molar-refractivity contribution < 1.29 is 28.6 Å². The molecule has 0 spiro atoms. The van der Waals surface area contributed by atoms with Gasteiger partial charge in [-0.05, 0) is 36.2 Å². The molecule has 7 nitrogen and oxygen atoms in total. The van der Waals surface area contributed by atoms with Crippen molar-refractivity contribution in [1.29, 1.82) is 0 Å². The van der Waals surface area contributed by atoms with Crippen LogP contribution in [0.1, 0.15) is 22.8 Å². The molecule has 0 bridgehead atoms. The number of para-hydroxylation sites is 1. The van der Waals surface area contributed by atoms with E-state index in [1.807, 2.05) is 19.1 Å². The Morgan fingerprint density at radius 2 is 1.67 bits per heavy atom. The Morgan fingerprint density at radius 1 is 0.963 bits per heavy atom. The van der Waals surface area contributed by atoms with Gasteiger partial charge in [0.15, 0.2) is 13.2 Å². The lowest BCUT2D eigenvalue weighted by molar-refractivity contribution is -0.149. The zero-order valence-corrected chi connectivity index (χ0v) is 15.2. The summed E-state index contributed by atoms with van der Waals surface area (Å²) in [6.07, 6.45) is 0.913. The van der Waals surface area contributed by atoms with Crippen LogP contribution in [0, 0.1) is 0 Å². The fourth-order valence-electron chi connectivity index (χ4n) is 2.22. The fourth-order valence-corrected chi connectivity index (χ4v) is 2.22. The molecule has 0 unspecified atom stereocenters. The van der Waals surface area contributed by atoms with Crippen molar-refractivity contribution in [3.05, 3.63) is 59.7 Å². The summed E-state index contributed by atoms with van der Waals surface area (Å²) < 4.78 is 14.8. The molecule has 0 aliphatic carbocycles. The number of carbonyl (C=O) groups excluding carboxylic acids is 3. The van der Waals surface area contributed by atoms with Crippen LogP contribution in [0.4, 0.5) is 5.69 Å². The molecule has 0 aromatic heterocycles. The zero-order valence-electron chi connectivity index (χ0n) is 15.2. The predicted molar refractivity (Wildman–Crippen MR) is 98.7 cm³/mol. The zero-order chi connectivity index (χ0) is 19.6. The van der Waals surface area contributed by atoms with Gasteiger partial charge in [0, 0.05) is 0 Å². The molecule has 0 atom stereocenters. The van der Waals surface area contributed by atoms with Crippen molar-refractivity contribution in [2.24, 2.45) is 0 Å². The van der Waals surface area contributed by atoms with Gasteiger partial charge in [-0.1, -0.05) is 31.2 Å². The van der Waals surface area contributed by atoms with Gasteiger partial charge in [-0.25, -0.2) is 9.59 Å². The van der Waals surface area contributed by atoms with E-state index >= 15 is 0 Å². The highest BCUT2D eigenvalue weighted by Gasteiger charge is 2.14. The lowest BCUT2D eigenvalue weighted by Gasteiger charge is -2.10. The molecule has 0 heterocycles. The lowest BCUT2D eigenvalue weighted by atomic mass is 10.2. The molecule has 2 aromatic rings. The van der Waals surface area contributed by atoms with Crippen molar-refractivity contribution in [2.75, 3.05) is 25.6 Å². The molecule has 7 heteroatoms. The molecular formula is C20H21NO6. The smallest absolute Gasteiger partial charge is 0.344 e. The van der Waals surface area contributed by atoms with Crippen molar-refractivity contribution in [2.45, 2.75) is 13.3 Å². The highest BCUT2D eigenvalue weighted by molar-refractivity contribution is 6.01. The molecule has 0 radical (unpaired) electrons. The molecular weight excluding hydrogens is 350 g/mol. The molecule has 1 N–H and O–H groups in total. The summed E-state index contributed by atoms with van der Waals surface area (Å²) in [6.45, 7) is 1.24. The summed E-state index contributed by atoms with van der Waals surface area (Å²) >= 11 is 0. The number of esters is 2. The molecule has 2 rings (SSSR count). The average molecular weight is 371 g/mol. The minimum atomic E-state index is -0.675. The SMILES string of the molecule is CCc1ccc(OCC(=O)OCC(=O)Nc2ccccc2C(=O)OC)cc1. The lowest BCUT2D eigenvalue weighted by Crippen LogP contribution is -2.24. The van der Waals surface area contributed by atoms with Crippen LogP contribution in [0.25, 0.3) is 0 Å². The van der Waals surface area contributed by atoms with Gasteiger partial charge < -0.3 is 19.5 Å². The summed E-state index contributed by atoms with van der Waals surface area (Å²) in [5, 5.41) is 2.51. The highest BCUT2D eigenvalue weighted by Crippen LogP contribution is 2.16. The van der Waals surface area contributed by atoms with Gasteiger partial charge in [-0.3, -0.25) is 4.79 Å². The molecule has 2 aromatic carbocycles. The van der Waals surface area contributed by atoms with E-state index in [9.17, 15) is 14.4 Å². The van der Waals surface area contributed by atoms with E-state index in [1.54, 1.807) is 30.3 Å². The van der Waals surface area contributed by atoms with Crippen molar-refractivity contribution in [3.63, 3.8) is 0 Å². The Kier molecular flexibility index (Phi) is 7.37. The van der Waals surface area contributed by atoms with Crippen molar-refractivity contribution in [3.8, 4) is 5.75 Å². The van der Waals surface area contributed by atoms with E-state index in [4.69, 9.17) is 9.47 Å². The topological polar surface area (TPSA) is 90.9 Å². The Morgan fingerprint density at radius 3 is 2.33 bits per heavy atom. The second-order valence-corrected chi connectivity index (χ2v) is 5.53. The normalized spacial score (nSPS) is 10.0. The van der Waals surface area contributed by atoms with E-state index in [-0.39, 0.29) is 17.9 Å². The number of hydrogen-bond acceptors (Lipinski definition) is 6. The third-order valence-corrected chi connectivity index (χ3v) is 3.66. The number of aryl methyl sites for hydroxylation is 1. The van der Waals surface area contributed by atoms with Crippen LogP contribution < -0.4 is 10.1 Å². The summed E-state index contributed by atoms with van der Waals surface area (Å²) in [7, 11) is 1.25. The first-order chi connectivity index (χ1) is 13.0.